The number of hydrogen-bond donors (Lipinski definition) is 1. The maximum Gasteiger partial charge on any atom is 0.244 e. The van der Waals surface area contributed by atoms with Crippen molar-refractivity contribution in [3.05, 3.63) is 11.6 Å². The van der Waals surface area contributed by atoms with E-state index in [1.165, 1.54) is 31.3 Å². The second-order valence-corrected chi connectivity index (χ2v) is 8.77. The van der Waals surface area contributed by atoms with Gasteiger partial charge in [0, 0.05) is 6.08 Å². The molecule has 3 rings (SSSR count). The monoisotopic (exact) mass is 283 g/mol. The van der Waals surface area contributed by atoms with Gasteiger partial charge in [-0.15, -0.1) is 0 Å². The summed E-state index contributed by atoms with van der Waals surface area (Å²) in [5, 5.41) is 2.91. The Morgan fingerprint density at radius 3 is 2.21 bits per heavy atom. The fourth-order valence-corrected chi connectivity index (χ4v) is 5.09. The molecule has 0 radical (unpaired) electrons. The average Bonchev–Trinajstić information content (AvgIpc) is 3.15. The van der Waals surface area contributed by atoms with Crippen LogP contribution in [0.1, 0.15) is 39.0 Å². The van der Waals surface area contributed by atoms with Gasteiger partial charge in [-0.25, -0.2) is 8.42 Å². The third-order valence-corrected chi connectivity index (χ3v) is 6.23. The van der Waals surface area contributed by atoms with Gasteiger partial charge in [0.25, 0.3) is 0 Å². The molecule has 1 atom stereocenters. The van der Waals surface area contributed by atoms with E-state index >= 15 is 0 Å². The van der Waals surface area contributed by atoms with Crippen LogP contribution in [0.4, 0.5) is 0 Å². The predicted octanol–water partition coefficient (Wildman–Crippen LogP) is 1.43. The highest BCUT2D eigenvalue weighted by molar-refractivity contribution is 7.91. The van der Waals surface area contributed by atoms with E-state index in [-0.39, 0.29) is 17.4 Å². The van der Waals surface area contributed by atoms with E-state index in [1.807, 2.05) is 6.92 Å². The Morgan fingerprint density at radius 1 is 1.21 bits per heavy atom. The summed E-state index contributed by atoms with van der Waals surface area (Å²) in [7, 11) is -2.97. The van der Waals surface area contributed by atoms with Crippen LogP contribution >= 0.6 is 0 Å². The van der Waals surface area contributed by atoms with Crippen molar-refractivity contribution >= 4 is 15.7 Å². The van der Waals surface area contributed by atoms with Crippen LogP contribution < -0.4 is 5.32 Å². The summed E-state index contributed by atoms with van der Waals surface area (Å²) >= 11 is 0. The van der Waals surface area contributed by atoms with E-state index in [0.29, 0.717) is 18.3 Å². The molecule has 3 fully saturated rings. The number of rotatable bonds is 4. The first-order valence-electron chi connectivity index (χ1n) is 7.11. The minimum Gasteiger partial charge on any atom is -0.346 e. The minimum atomic E-state index is -2.97. The summed E-state index contributed by atoms with van der Waals surface area (Å²) in [6, 6.07) is 0. The lowest BCUT2D eigenvalue weighted by Gasteiger charge is -2.23. The number of nitrogens with one attached hydrogen (secondary N) is 1. The SMILES string of the molecule is C[C@@]1(NC(=O)C=C(C2CC2)C2CC2)CCS(=O)(=O)C1. The summed E-state index contributed by atoms with van der Waals surface area (Å²) in [6.45, 7) is 1.83. The van der Waals surface area contributed by atoms with Crippen molar-refractivity contribution in [2.45, 2.75) is 44.6 Å². The molecule has 0 spiro atoms. The van der Waals surface area contributed by atoms with Gasteiger partial charge in [-0.2, -0.15) is 0 Å². The largest absolute Gasteiger partial charge is 0.346 e. The van der Waals surface area contributed by atoms with E-state index in [4.69, 9.17) is 0 Å². The average molecular weight is 283 g/mol. The summed E-state index contributed by atoms with van der Waals surface area (Å²) in [5.41, 5.74) is 0.729. The molecule has 5 heteroatoms. The molecule has 1 saturated heterocycles. The third kappa shape index (κ3) is 3.19. The smallest absolute Gasteiger partial charge is 0.244 e. The minimum absolute atomic E-state index is 0.0712. The molecule has 0 aromatic rings. The van der Waals surface area contributed by atoms with Gasteiger partial charge >= 0.3 is 0 Å². The lowest BCUT2D eigenvalue weighted by Crippen LogP contribution is -2.46. The predicted molar refractivity (Wildman–Crippen MR) is 73.3 cm³/mol. The maximum absolute atomic E-state index is 12.1. The zero-order valence-electron chi connectivity index (χ0n) is 11.3. The Bertz CT molecular complexity index is 515. The Kier molecular flexibility index (Phi) is 3.00. The summed E-state index contributed by atoms with van der Waals surface area (Å²) < 4.78 is 23.0. The summed E-state index contributed by atoms with van der Waals surface area (Å²) in [6.07, 6.45) is 7.12. The zero-order chi connectivity index (χ0) is 13.7. The Labute approximate surface area is 114 Å². The van der Waals surface area contributed by atoms with Crippen LogP contribution in [0.5, 0.6) is 0 Å². The van der Waals surface area contributed by atoms with E-state index in [9.17, 15) is 13.2 Å². The molecular weight excluding hydrogens is 262 g/mol. The molecule has 1 N–H and O–H groups in total. The normalized spacial score (nSPS) is 32.9. The standard InChI is InChI=1S/C14H21NO3S/c1-14(6-7-19(17,18)9-14)15-13(16)8-12(10-2-3-10)11-4-5-11/h8,10-11H,2-7,9H2,1H3,(H,15,16)/t14-/m1/s1. The molecule has 0 bridgehead atoms. The lowest BCUT2D eigenvalue weighted by molar-refractivity contribution is -0.118. The molecule has 2 aliphatic carbocycles. The van der Waals surface area contributed by atoms with E-state index < -0.39 is 15.4 Å². The van der Waals surface area contributed by atoms with Gasteiger partial charge in [-0.05, 0) is 50.9 Å². The molecular formula is C14H21NO3S. The van der Waals surface area contributed by atoms with E-state index in [2.05, 4.69) is 5.32 Å². The molecule has 0 aromatic carbocycles. The van der Waals surface area contributed by atoms with Crippen molar-refractivity contribution in [1.29, 1.82) is 0 Å². The Morgan fingerprint density at radius 2 is 1.79 bits per heavy atom. The van der Waals surface area contributed by atoms with Crippen LogP contribution in [0.2, 0.25) is 0 Å². The van der Waals surface area contributed by atoms with Crippen molar-refractivity contribution in [3.63, 3.8) is 0 Å². The number of hydrogen-bond acceptors (Lipinski definition) is 3. The van der Waals surface area contributed by atoms with Gasteiger partial charge in [0.1, 0.15) is 0 Å². The first-order chi connectivity index (χ1) is 8.87. The molecule has 0 aromatic heterocycles. The highest BCUT2D eigenvalue weighted by Gasteiger charge is 2.40. The van der Waals surface area contributed by atoms with Gasteiger partial charge < -0.3 is 5.32 Å². The fraction of sp³-hybridized carbons (Fsp3) is 0.786. The first kappa shape index (κ1) is 13.2. The molecule has 3 aliphatic rings. The maximum atomic E-state index is 12.1. The molecule has 106 valence electrons. The third-order valence-electron chi connectivity index (χ3n) is 4.32. The highest BCUT2D eigenvalue weighted by Crippen LogP contribution is 2.48. The molecule has 1 aliphatic heterocycles. The van der Waals surface area contributed by atoms with Crippen LogP contribution in [-0.2, 0) is 14.6 Å². The van der Waals surface area contributed by atoms with Crippen molar-refractivity contribution in [3.8, 4) is 0 Å². The van der Waals surface area contributed by atoms with E-state index in [0.717, 1.165) is 0 Å². The number of carbonyl (C=O) groups excluding carboxylic acids is 1. The molecule has 1 amide bonds. The van der Waals surface area contributed by atoms with Crippen LogP contribution in [-0.4, -0.2) is 31.4 Å². The van der Waals surface area contributed by atoms with Gasteiger partial charge in [-0.3, -0.25) is 4.79 Å². The quantitative estimate of drug-likeness (QED) is 0.794. The van der Waals surface area contributed by atoms with Crippen LogP contribution in [0.3, 0.4) is 0 Å². The number of sulfone groups is 1. The van der Waals surface area contributed by atoms with Crippen molar-refractivity contribution in [2.24, 2.45) is 11.8 Å². The Balaban J connectivity index is 1.66. The number of carbonyl (C=O) groups is 1. The second-order valence-electron chi connectivity index (χ2n) is 6.58. The fourth-order valence-electron chi connectivity index (χ4n) is 3.00. The van der Waals surface area contributed by atoms with Crippen LogP contribution in [0, 0.1) is 11.8 Å². The lowest BCUT2D eigenvalue weighted by atomic mass is 10.0. The van der Waals surface area contributed by atoms with Gasteiger partial charge in [0.2, 0.25) is 5.91 Å². The highest BCUT2D eigenvalue weighted by atomic mass is 32.2. The molecule has 0 unspecified atom stereocenters. The van der Waals surface area contributed by atoms with Crippen molar-refractivity contribution in [2.75, 3.05) is 11.5 Å². The summed E-state index contributed by atoms with van der Waals surface area (Å²) in [5.74, 6) is 1.40. The van der Waals surface area contributed by atoms with Gasteiger partial charge in [0.15, 0.2) is 9.84 Å². The van der Waals surface area contributed by atoms with Crippen molar-refractivity contribution in [1.82, 2.24) is 5.32 Å². The molecule has 4 nitrogen and oxygen atoms in total. The number of amides is 1. The second kappa shape index (κ2) is 4.33. The topological polar surface area (TPSA) is 63.2 Å². The Hall–Kier alpha value is -0.840. The summed E-state index contributed by atoms with van der Waals surface area (Å²) in [4.78, 5) is 12.1. The first-order valence-corrected chi connectivity index (χ1v) is 8.93. The molecule has 19 heavy (non-hydrogen) atoms. The molecule has 2 saturated carbocycles. The van der Waals surface area contributed by atoms with Crippen LogP contribution in [0.15, 0.2) is 11.6 Å². The number of allylic oxidation sites excluding steroid dienone is 1. The van der Waals surface area contributed by atoms with E-state index in [1.54, 1.807) is 6.08 Å². The van der Waals surface area contributed by atoms with Crippen LogP contribution in [0.25, 0.3) is 0 Å². The zero-order valence-corrected chi connectivity index (χ0v) is 12.1. The van der Waals surface area contributed by atoms with Crippen molar-refractivity contribution < 1.29 is 13.2 Å². The molecule has 1 heterocycles. The van der Waals surface area contributed by atoms with Gasteiger partial charge in [0.05, 0.1) is 17.0 Å². The van der Waals surface area contributed by atoms with Gasteiger partial charge in [-0.1, -0.05) is 5.57 Å².